The molecule has 0 aliphatic carbocycles. The molecule has 8 nitrogen and oxygen atoms in total. The van der Waals surface area contributed by atoms with Crippen molar-refractivity contribution in [1.29, 1.82) is 0 Å². The Morgan fingerprint density at radius 2 is 1.92 bits per heavy atom. The second kappa shape index (κ2) is 10.0. The van der Waals surface area contributed by atoms with Gasteiger partial charge in [-0.25, -0.2) is 4.39 Å². The highest BCUT2D eigenvalue weighted by atomic mass is 19.1. The lowest BCUT2D eigenvalue weighted by atomic mass is 10.2. The monoisotopic (exact) mass is 353 g/mol. The van der Waals surface area contributed by atoms with Crippen LogP contribution in [0.4, 0.5) is 4.39 Å². The van der Waals surface area contributed by atoms with Crippen molar-refractivity contribution in [1.82, 2.24) is 16.0 Å². The first kappa shape index (κ1) is 20.1. The maximum Gasteiger partial charge on any atom is 0.325 e. The highest BCUT2D eigenvalue weighted by Crippen LogP contribution is 2.02. The van der Waals surface area contributed by atoms with Gasteiger partial charge in [-0.05, 0) is 32.0 Å². The van der Waals surface area contributed by atoms with Crippen LogP contribution >= 0.6 is 0 Å². The minimum atomic E-state index is -0.842. The zero-order valence-electron chi connectivity index (χ0n) is 13.9. The molecule has 1 rings (SSSR count). The number of hydrogen-bond donors (Lipinski definition) is 3. The highest BCUT2D eigenvalue weighted by Gasteiger charge is 2.16. The molecule has 0 aliphatic heterocycles. The van der Waals surface area contributed by atoms with Gasteiger partial charge in [0, 0.05) is 12.1 Å². The molecule has 0 heterocycles. The first-order valence-corrected chi connectivity index (χ1v) is 7.60. The molecule has 0 spiro atoms. The van der Waals surface area contributed by atoms with E-state index in [-0.39, 0.29) is 11.5 Å². The molecule has 0 bridgehead atoms. The number of likely N-dealkylation sites (N-methyl/N-ethyl adjacent to an activating group) is 1. The van der Waals surface area contributed by atoms with Gasteiger partial charge in [0.25, 0.3) is 11.8 Å². The summed E-state index contributed by atoms with van der Waals surface area (Å²) in [5, 5.41) is 7.14. The van der Waals surface area contributed by atoms with Gasteiger partial charge in [0.1, 0.15) is 18.4 Å². The average molecular weight is 353 g/mol. The molecule has 0 saturated carbocycles. The molecular weight excluding hydrogens is 333 g/mol. The predicted octanol–water partition coefficient (Wildman–Crippen LogP) is -0.260. The summed E-state index contributed by atoms with van der Waals surface area (Å²) >= 11 is 0. The average Bonchev–Trinajstić information content (AvgIpc) is 2.58. The molecule has 3 N–H and O–H groups in total. The van der Waals surface area contributed by atoms with Crippen LogP contribution in [0.5, 0.6) is 0 Å². The molecule has 0 unspecified atom stereocenters. The number of carbonyl (C=O) groups is 4. The van der Waals surface area contributed by atoms with E-state index >= 15 is 0 Å². The van der Waals surface area contributed by atoms with Crippen molar-refractivity contribution in [2.75, 3.05) is 19.7 Å². The Morgan fingerprint density at radius 1 is 1.20 bits per heavy atom. The fourth-order valence-electron chi connectivity index (χ4n) is 1.76. The zero-order chi connectivity index (χ0) is 18.8. The third-order valence-electron chi connectivity index (χ3n) is 2.97. The standard InChI is InChI=1S/C16H20FN3O5/c1-3-18-15(23)10(2)20-13(21)9-25-14(22)8-19-16(24)11-5-4-6-12(17)7-11/h4-7,10H,3,8-9H2,1-2H3,(H,18,23)(H,19,24)(H,20,21)/t10-/m0/s1. The number of rotatable bonds is 8. The van der Waals surface area contributed by atoms with Crippen LogP contribution in [0, 0.1) is 5.82 Å². The van der Waals surface area contributed by atoms with Gasteiger partial charge in [-0.1, -0.05) is 6.07 Å². The van der Waals surface area contributed by atoms with E-state index in [1.54, 1.807) is 6.92 Å². The molecule has 136 valence electrons. The summed E-state index contributed by atoms with van der Waals surface area (Å²) in [6.45, 7) is 2.60. The number of esters is 1. The van der Waals surface area contributed by atoms with E-state index < -0.39 is 42.8 Å². The van der Waals surface area contributed by atoms with E-state index in [1.807, 2.05) is 0 Å². The largest absolute Gasteiger partial charge is 0.454 e. The second-order valence-electron chi connectivity index (χ2n) is 5.04. The van der Waals surface area contributed by atoms with Crippen molar-refractivity contribution in [3.63, 3.8) is 0 Å². The Labute approximate surface area is 144 Å². The van der Waals surface area contributed by atoms with Crippen LogP contribution in [0.25, 0.3) is 0 Å². The molecule has 1 aromatic carbocycles. The minimum absolute atomic E-state index is 0.0568. The van der Waals surface area contributed by atoms with Gasteiger partial charge in [-0.2, -0.15) is 0 Å². The Bertz CT molecular complexity index is 650. The van der Waals surface area contributed by atoms with Gasteiger partial charge in [-0.15, -0.1) is 0 Å². The van der Waals surface area contributed by atoms with Crippen LogP contribution in [-0.2, 0) is 19.1 Å². The van der Waals surface area contributed by atoms with Crippen LogP contribution < -0.4 is 16.0 Å². The molecule has 25 heavy (non-hydrogen) atoms. The third-order valence-corrected chi connectivity index (χ3v) is 2.97. The van der Waals surface area contributed by atoms with Crippen LogP contribution in [0.2, 0.25) is 0 Å². The van der Waals surface area contributed by atoms with E-state index in [1.165, 1.54) is 25.1 Å². The fourth-order valence-corrected chi connectivity index (χ4v) is 1.76. The second-order valence-corrected chi connectivity index (χ2v) is 5.04. The number of nitrogens with one attached hydrogen (secondary N) is 3. The topological polar surface area (TPSA) is 114 Å². The van der Waals surface area contributed by atoms with E-state index in [0.29, 0.717) is 6.54 Å². The molecule has 0 radical (unpaired) electrons. The third kappa shape index (κ3) is 7.42. The molecule has 1 aromatic rings. The normalized spacial score (nSPS) is 11.2. The lowest BCUT2D eigenvalue weighted by molar-refractivity contribution is -0.147. The van der Waals surface area contributed by atoms with Crippen LogP contribution in [0.15, 0.2) is 24.3 Å². The Hall–Kier alpha value is -2.97. The van der Waals surface area contributed by atoms with E-state index in [0.717, 1.165) is 6.07 Å². The van der Waals surface area contributed by atoms with Crippen LogP contribution in [0.3, 0.4) is 0 Å². The van der Waals surface area contributed by atoms with Crippen molar-refractivity contribution in [2.24, 2.45) is 0 Å². The van der Waals surface area contributed by atoms with E-state index in [4.69, 9.17) is 0 Å². The molecule has 0 fully saturated rings. The van der Waals surface area contributed by atoms with Crippen molar-refractivity contribution >= 4 is 23.7 Å². The predicted molar refractivity (Wildman–Crippen MR) is 86.0 cm³/mol. The quantitative estimate of drug-likeness (QED) is 0.557. The summed E-state index contributed by atoms with van der Waals surface area (Å²) in [5.41, 5.74) is 0.0568. The van der Waals surface area contributed by atoms with Crippen molar-refractivity contribution in [3.8, 4) is 0 Å². The Kier molecular flexibility index (Phi) is 8.04. The summed E-state index contributed by atoms with van der Waals surface area (Å²) in [6.07, 6.45) is 0. The maximum absolute atomic E-state index is 13.0. The highest BCUT2D eigenvalue weighted by molar-refractivity contribution is 5.96. The number of halogens is 1. The van der Waals surface area contributed by atoms with Crippen LogP contribution in [-0.4, -0.2) is 49.4 Å². The number of ether oxygens (including phenoxy) is 1. The molecule has 3 amide bonds. The number of benzene rings is 1. The van der Waals surface area contributed by atoms with E-state index in [9.17, 15) is 23.6 Å². The summed E-state index contributed by atoms with van der Waals surface area (Å²) < 4.78 is 17.7. The Balaban J connectivity index is 2.31. The van der Waals surface area contributed by atoms with E-state index in [2.05, 4.69) is 20.7 Å². The van der Waals surface area contributed by atoms with Gasteiger partial charge < -0.3 is 20.7 Å². The molecule has 0 saturated heterocycles. The van der Waals surface area contributed by atoms with Crippen molar-refractivity contribution < 1.29 is 28.3 Å². The fraction of sp³-hybridized carbons (Fsp3) is 0.375. The van der Waals surface area contributed by atoms with Crippen molar-refractivity contribution in [3.05, 3.63) is 35.6 Å². The molecular formula is C16H20FN3O5. The minimum Gasteiger partial charge on any atom is -0.454 e. The first-order valence-electron chi connectivity index (χ1n) is 7.60. The SMILES string of the molecule is CCNC(=O)[C@H](C)NC(=O)COC(=O)CNC(=O)c1cccc(F)c1. The number of amides is 3. The maximum atomic E-state index is 13.0. The first-order chi connectivity index (χ1) is 11.8. The number of hydrogen-bond acceptors (Lipinski definition) is 5. The smallest absolute Gasteiger partial charge is 0.325 e. The molecule has 0 aliphatic rings. The van der Waals surface area contributed by atoms with Gasteiger partial charge in [-0.3, -0.25) is 19.2 Å². The Morgan fingerprint density at radius 3 is 2.56 bits per heavy atom. The van der Waals surface area contributed by atoms with Gasteiger partial charge in [0.15, 0.2) is 6.61 Å². The lowest BCUT2D eigenvalue weighted by Gasteiger charge is -2.13. The van der Waals surface area contributed by atoms with Crippen molar-refractivity contribution in [2.45, 2.75) is 19.9 Å². The molecule has 9 heteroatoms. The molecule has 1 atom stereocenters. The summed E-state index contributed by atoms with van der Waals surface area (Å²) in [7, 11) is 0. The zero-order valence-corrected chi connectivity index (χ0v) is 13.9. The summed E-state index contributed by atoms with van der Waals surface area (Å²) in [4.78, 5) is 46.2. The lowest BCUT2D eigenvalue weighted by Crippen LogP contribution is -2.46. The summed E-state index contributed by atoms with van der Waals surface area (Å²) in [6, 6.07) is 4.20. The molecule has 0 aromatic heterocycles. The number of carbonyl (C=O) groups excluding carboxylic acids is 4. The van der Waals surface area contributed by atoms with Crippen LogP contribution in [0.1, 0.15) is 24.2 Å². The van der Waals surface area contributed by atoms with Gasteiger partial charge in [0.2, 0.25) is 5.91 Å². The van der Waals surface area contributed by atoms with Gasteiger partial charge in [0.05, 0.1) is 0 Å². The van der Waals surface area contributed by atoms with Gasteiger partial charge >= 0.3 is 5.97 Å². The summed E-state index contributed by atoms with van der Waals surface area (Å²) in [5.74, 6) is -3.07.